The molecule has 118 valence electrons. The fourth-order valence-electron chi connectivity index (χ4n) is 2.21. The Kier molecular flexibility index (Phi) is 6.33. The maximum atomic E-state index is 12.3. The molecular weight excluding hydrogens is 266 g/mol. The molecule has 0 aromatic heterocycles. The summed E-state index contributed by atoms with van der Waals surface area (Å²) in [6.45, 7) is 8.89. The van der Waals surface area contributed by atoms with Crippen molar-refractivity contribution in [2.75, 3.05) is 18.4 Å². The molecule has 5 heteroatoms. The predicted octanol–water partition coefficient (Wildman–Crippen LogP) is 1.57. The van der Waals surface area contributed by atoms with Crippen molar-refractivity contribution in [2.24, 2.45) is 5.73 Å². The van der Waals surface area contributed by atoms with Gasteiger partial charge in [0.25, 0.3) is 0 Å². The minimum atomic E-state index is -0.829. The minimum Gasteiger partial charge on any atom is -0.389 e. The maximum absolute atomic E-state index is 12.3. The second kappa shape index (κ2) is 7.54. The lowest BCUT2D eigenvalue weighted by atomic mass is 10.1. The van der Waals surface area contributed by atoms with Gasteiger partial charge in [-0.3, -0.25) is 9.69 Å². The summed E-state index contributed by atoms with van der Waals surface area (Å²) in [5.41, 5.74) is 6.49. The van der Waals surface area contributed by atoms with E-state index in [0.29, 0.717) is 19.6 Å². The number of aliphatic hydroxyl groups is 1. The van der Waals surface area contributed by atoms with Crippen LogP contribution in [0, 0.1) is 0 Å². The van der Waals surface area contributed by atoms with E-state index in [9.17, 15) is 9.90 Å². The van der Waals surface area contributed by atoms with Crippen LogP contribution >= 0.6 is 0 Å². The normalized spacial score (nSPS) is 13.3. The molecule has 1 rings (SSSR count). The van der Waals surface area contributed by atoms with Crippen LogP contribution in [-0.4, -0.2) is 40.6 Å². The summed E-state index contributed by atoms with van der Waals surface area (Å²) < 4.78 is 0. The largest absolute Gasteiger partial charge is 0.389 e. The molecule has 0 saturated carbocycles. The van der Waals surface area contributed by atoms with Crippen LogP contribution in [0.2, 0.25) is 0 Å². The zero-order valence-corrected chi connectivity index (χ0v) is 13.4. The first-order valence-corrected chi connectivity index (χ1v) is 7.33. The first kappa shape index (κ1) is 17.6. The van der Waals surface area contributed by atoms with Gasteiger partial charge in [-0.25, -0.2) is 0 Å². The van der Waals surface area contributed by atoms with E-state index in [1.165, 1.54) is 0 Å². The average molecular weight is 293 g/mol. The third-order valence-corrected chi connectivity index (χ3v) is 3.35. The van der Waals surface area contributed by atoms with Crippen LogP contribution < -0.4 is 11.1 Å². The van der Waals surface area contributed by atoms with Gasteiger partial charge in [0.15, 0.2) is 0 Å². The second-order valence-corrected chi connectivity index (χ2v) is 5.95. The Morgan fingerprint density at radius 3 is 2.67 bits per heavy atom. The average Bonchev–Trinajstić information content (AvgIpc) is 2.43. The van der Waals surface area contributed by atoms with Crippen molar-refractivity contribution in [3.8, 4) is 0 Å². The molecule has 4 N–H and O–H groups in total. The Bertz CT molecular complexity index is 469. The van der Waals surface area contributed by atoms with E-state index in [4.69, 9.17) is 5.73 Å². The topological polar surface area (TPSA) is 78.6 Å². The van der Waals surface area contributed by atoms with Gasteiger partial charge in [-0.15, -0.1) is 0 Å². The molecule has 0 heterocycles. The molecule has 1 aromatic rings. The summed E-state index contributed by atoms with van der Waals surface area (Å²) >= 11 is 0. The molecule has 0 aliphatic carbocycles. The molecule has 1 unspecified atom stereocenters. The van der Waals surface area contributed by atoms with Crippen molar-refractivity contribution >= 4 is 11.6 Å². The highest BCUT2D eigenvalue weighted by Crippen LogP contribution is 2.13. The third kappa shape index (κ3) is 5.83. The molecular formula is C16H27N3O2. The van der Waals surface area contributed by atoms with Crippen LogP contribution in [0.5, 0.6) is 0 Å². The number of hydrogen-bond donors (Lipinski definition) is 3. The first-order valence-electron chi connectivity index (χ1n) is 7.33. The van der Waals surface area contributed by atoms with Gasteiger partial charge in [-0.2, -0.15) is 0 Å². The van der Waals surface area contributed by atoms with E-state index in [2.05, 4.69) is 5.32 Å². The van der Waals surface area contributed by atoms with Crippen molar-refractivity contribution in [1.82, 2.24) is 4.90 Å². The monoisotopic (exact) mass is 293 g/mol. The molecule has 0 fully saturated rings. The highest BCUT2D eigenvalue weighted by Gasteiger charge is 2.25. The Hall–Kier alpha value is -1.43. The highest BCUT2D eigenvalue weighted by molar-refractivity contribution is 5.94. The number of carbonyl (C=O) groups is 1. The molecule has 0 radical (unpaired) electrons. The second-order valence-electron chi connectivity index (χ2n) is 5.95. The SMILES string of the molecule is CCN(CC(C)(C)O)C(C)C(=O)Nc1cccc(CN)c1. The quantitative estimate of drug-likeness (QED) is 0.713. The van der Waals surface area contributed by atoms with Gasteiger partial charge >= 0.3 is 0 Å². The molecule has 0 aliphatic rings. The Morgan fingerprint density at radius 2 is 2.14 bits per heavy atom. The van der Waals surface area contributed by atoms with Crippen LogP contribution in [0.4, 0.5) is 5.69 Å². The van der Waals surface area contributed by atoms with Crippen LogP contribution in [0.15, 0.2) is 24.3 Å². The van der Waals surface area contributed by atoms with Gasteiger partial charge in [-0.05, 0) is 45.0 Å². The maximum Gasteiger partial charge on any atom is 0.241 e. The van der Waals surface area contributed by atoms with E-state index >= 15 is 0 Å². The van der Waals surface area contributed by atoms with E-state index < -0.39 is 5.60 Å². The number of hydrogen-bond acceptors (Lipinski definition) is 4. The highest BCUT2D eigenvalue weighted by atomic mass is 16.3. The number of carbonyl (C=O) groups excluding carboxylic acids is 1. The molecule has 21 heavy (non-hydrogen) atoms. The number of anilines is 1. The fraction of sp³-hybridized carbons (Fsp3) is 0.562. The standard InChI is InChI=1S/C16H27N3O2/c1-5-19(11-16(3,4)21)12(2)15(20)18-14-8-6-7-13(9-14)10-17/h6-9,12,21H,5,10-11,17H2,1-4H3,(H,18,20). The Morgan fingerprint density at radius 1 is 1.48 bits per heavy atom. The summed E-state index contributed by atoms with van der Waals surface area (Å²) in [7, 11) is 0. The Labute approximate surface area is 127 Å². The summed E-state index contributed by atoms with van der Waals surface area (Å²) in [6.07, 6.45) is 0. The zero-order chi connectivity index (χ0) is 16.0. The minimum absolute atomic E-state index is 0.0877. The number of nitrogens with two attached hydrogens (primary N) is 1. The van der Waals surface area contributed by atoms with Crippen molar-refractivity contribution in [3.63, 3.8) is 0 Å². The lowest BCUT2D eigenvalue weighted by Gasteiger charge is -2.32. The molecule has 1 amide bonds. The van der Waals surface area contributed by atoms with Crippen molar-refractivity contribution in [1.29, 1.82) is 0 Å². The zero-order valence-electron chi connectivity index (χ0n) is 13.4. The summed E-state index contributed by atoms with van der Waals surface area (Å²) in [5.74, 6) is -0.0877. The number of nitrogens with one attached hydrogen (secondary N) is 1. The van der Waals surface area contributed by atoms with Crippen molar-refractivity contribution in [2.45, 2.75) is 45.9 Å². The summed E-state index contributed by atoms with van der Waals surface area (Å²) in [6, 6.07) is 7.19. The molecule has 5 nitrogen and oxygen atoms in total. The van der Waals surface area contributed by atoms with Crippen molar-refractivity contribution < 1.29 is 9.90 Å². The fourth-order valence-corrected chi connectivity index (χ4v) is 2.21. The lowest BCUT2D eigenvalue weighted by Crippen LogP contribution is -2.48. The van der Waals surface area contributed by atoms with Crippen LogP contribution in [0.25, 0.3) is 0 Å². The number of rotatable bonds is 7. The smallest absolute Gasteiger partial charge is 0.241 e. The summed E-state index contributed by atoms with van der Waals surface area (Å²) in [4.78, 5) is 14.3. The Balaban J connectivity index is 2.72. The first-order chi connectivity index (χ1) is 9.76. The number of likely N-dealkylation sites (N-methyl/N-ethyl adjacent to an activating group) is 1. The number of amides is 1. The molecule has 0 bridgehead atoms. The van der Waals surface area contributed by atoms with E-state index in [1.54, 1.807) is 13.8 Å². The lowest BCUT2D eigenvalue weighted by molar-refractivity contribution is -0.121. The van der Waals surface area contributed by atoms with Crippen LogP contribution in [0.1, 0.15) is 33.3 Å². The van der Waals surface area contributed by atoms with E-state index in [-0.39, 0.29) is 11.9 Å². The molecule has 1 aromatic carbocycles. The van der Waals surface area contributed by atoms with Gasteiger partial charge in [-0.1, -0.05) is 19.1 Å². The van der Waals surface area contributed by atoms with Crippen molar-refractivity contribution in [3.05, 3.63) is 29.8 Å². The molecule has 0 saturated heterocycles. The molecule has 0 spiro atoms. The van der Waals surface area contributed by atoms with Gasteiger partial charge in [0.05, 0.1) is 11.6 Å². The van der Waals surface area contributed by atoms with Crippen LogP contribution in [0.3, 0.4) is 0 Å². The predicted molar refractivity (Wildman–Crippen MR) is 86.0 cm³/mol. The van der Waals surface area contributed by atoms with Crippen LogP contribution in [-0.2, 0) is 11.3 Å². The van der Waals surface area contributed by atoms with Gasteiger partial charge in [0.2, 0.25) is 5.91 Å². The number of benzene rings is 1. The van der Waals surface area contributed by atoms with Gasteiger partial charge < -0.3 is 16.2 Å². The number of nitrogens with zero attached hydrogens (tertiary/aromatic N) is 1. The molecule has 1 atom stereocenters. The van der Waals surface area contributed by atoms with E-state index in [0.717, 1.165) is 11.3 Å². The van der Waals surface area contributed by atoms with E-state index in [1.807, 2.05) is 43.0 Å². The van der Waals surface area contributed by atoms with Gasteiger partial charge in [0.1, 0.15) is 0 Å². The van der Waals surface area contributed by atoms with Gasteiger partial charge in [0, 0.05) is 18.8 Å². The summed E-state index contributed by atoms with van der Waals surface area (Å²) in [5, 5.41) is 12.8. The third-order valence-electron chi connectivity index (χ3n) is 3.35. The molecule has 0 aliphatic heterocycles.